The maximum absolute atomic E-state index is 12.1. The van der Waals surface area contributed by atoms with Crippen molar-refractivity contribution in [2.75, 3.05) is 17.7 Å². The Morgan fingerprint density at radius 1 is 1.27 bits per heavy atom. The van der Waals surface area contributed by atoms with Crippen LogP contribution in [0.1, 0.15) is 22.8 Å². The Morgan fingerprint density at radius 3 is 2.69 bits per heavy atom. The average molecular weight is 373 g/mol. The van der Waals surface area contributed by atoms with Crippen LogP contribution in [0.25, 0.3) is 10.9 Å². The lowest BCUT2D eigenvalue weighted by molar-refractivity contribution is 0.0526. The molecule has 0 atom stereocenters. The zero-order valence-corrected chi connectivity index (χ0v) is 14.8. The molecule has 0 unspecified atom stereocenters. The number of rotatable bonds is 5. The van der Waals surface area contributed by atoms with Gasteiger partial charge in [0.2, 0.25) is 5.95 Å². The number of anilines is 2. The molecule has 0 aliphatic rings. The fourth-order valence-corrected chi connectivity index (χ4v) is 2.83. The maximum Gasteiger partial charge on any atom is 0.338 e. The van der Waals surface area contributed by atoms with Gasteiger partial charge >= 0.3 is 5.97 Å². The molecule has 8 heteroatoms. The number of hydrogen-bond acceptors (Lipinski definition) is 6. The van der Waals surface area contributed by atoms with E-state index in [1.807, 2.05) is 12.1 Å². The van der Waals surface area contributed by atoms with E-state index in [4.69, 9.17) is 22.1 Å². The monoisotopic (exact) mass is 372 g/mol. The van der Waals surface area contributed by atoms with Gasteiger partial charge in [0.15, 0.2) is 0 Å². The lowest BCUT2D eigenvalue weighted by Gasteiger charge is -2.11. The number of ether oxygens (including phenoxy) is 1. The van der Waals surface area contributed by atoms with Gasteiger partial charge in [0.1, 0.15) is 0 Å². The summed E-state index contributed by atoms with van der Waals surface area (Å²) in [6.07, 6.45) is 0. The topological polar surface area (TPSA) is 110 Å². The zero-order chi connectivity index (χ0) is 18.7. The number of fused-ring (bicyclic) bond motifs is 1. The summed E-state index contributed by atoms with van der Waals surface area (Å²) in [6.45, 7) is 2.56. The van der Waals surface area contributed by atoms with Gasteiger partial charge in [-0.3, -0.25) is 9.78 Å². The summed E-state index contributed by atoms with van der Waals surface area (Å²) in [4.78, 5) is 30.2. The van der Waals surface area contributed by atoms with E-state index in [0.29, 0.717) is 29.9 Å². The van der Waals surface area contributed by atoms with E-state index in [2.05, 4.69) is 15.3 Å². The average Bonchev–Trinajstić information content (AvgIpc) is 2.61. The summed E-state index contributed by atoms with van der Waals surface area (Å²) in [6, 6.07) is 10.5. The minimum Gasteiger partial charge on any atom is -0.462 e. The summed E-state index contributed by atoms with van der Waals surface area (Å²) < 4.78 is 4.95. The Bertz CT molecular complexity index is 1020. The van der Waals surface area contributed by atoms with Crippen LogP contribution in [0.3, 0.4) is 0 Å². The van der Waals surface area contributed by atoms with Gasteiger partial charge in [-0.15, -0.1) is 0 Å². The van der Waals surface area contributed by atoms with Crippen LogP contribution in [-0.2, 0) is 11.3 Å². The molecule has 2 aromatic carbocycles. The van der Waals surface area contributed by atoms with Crippen LogP contribution in [0.4, 0.5) is 11.6 Å². The molecule has 0 aliphatic carbocycles. The van der Waals surface area contributed by atoms with Crippen LogP contribution in [0, 0.1) is 0 Å². The van der Waals surface area contributed by atoms with Gasteiger partial charge in [-0.05, 0) is 36.8 Å². The number of carbonyl (C=O) groups excluding carboxylic acids is 1. The lowest BCUT2D eigenvalue weighted by Crippen LogP contribution is -2.12. The highest BCUT2D eigenvalue weighted by atomic mass is 35.5. The van der Waals surface area contributed by atoms with Crippen molar-refractivity contribution in [3.8, 4) is 0 Å². The first-order valence-electron chi connectivity index (χ1n) is 7.97. The predicted molar refractivity (Wildman–Crippen MR) is 102 cm³/mol. The second kappa shape index (κ2) is 7.45. The summed E-state index contributed by atoms with van der Waals surface area (Å²) in [5.74, 6) is -0.309. The fraction of sp³-hybridized carbons (Fsp3) is 0.167. The Kier molecular flexibility index (Phi) is 5.09. The molecule has 0 saturated carbocycles. The molecule has 26 heavy (non-hydrogen) atoms. The van der Waals surface area contributed by atoms with E-state index in [9.17, 15) is 9.59 Å². The molecule has 0 bridgehead atoms. The van der Waals surface area contributed by atoms with Crippen molar-refractivity contribution < 1.29 is 9.53 Å². The van der Waals surface area contributed by atoms with Gasteiger partial charge < -0.3 is 15.8 Å². The zero-order valence-electron chi connectivity index (χ0n) is 14.0. The third-order valence-corrected chi connectivity index (χ3v) is 4.17. The number of aromatic nitrogens is 2. The van der Waals surface area contributed by atoms with Crippen molar-refractivity contribution in [3.05, 3.63) is 62.9 Å². The first-order chi connectivity index (χ1) is 12.5. The first-order valence-corrected chi connectivity index (χ1v) is 8.35. The molecule has 1 aromatic heterocycles. The number of aromatic amines is 1. The van der Waals surface area contributed by atoms with E-state index in [-0.39, 0.29) is 27.9 Å². The van der Waals surface area contributed by atoms with Crippen molar-refractivity contribution in [2.45, 2.75) is 13.5 Å². The van der Waals surface area contributed by atoms with Gasteiger partial charge in [0.05, 0.1) is 33.8 Å². The molecule has 7 nitrogen and oxygen atoms in total. The molecular weight excluding hydrogens is 356 g/mol. The Morgan fingerprint density at radius 2 is 2.00 bits per heavy atom. The molecule has 4 N–H and O–H groups in total. The van der Waals surface area contributed by atoms with Crippen LogP contribution >= 0.6 is 11.6 Å². The number of nitrogens with one attached hydrogen (secondary N) is 2. The molecule has 0 saturated heterocycles. The molecule has 1 heterocycles. The molecule has 0 amide bonds. The number of benzene rings is 2. The van der Waals surface area contributed by atoms with Crippen LogP contribution in [-0.4, -0.2) is 22.5 Å². The highest BCUT2D eigenvalue weighted by molar-refractivity contribution is 6.38. The summed E-state index contributed by atoms with van der Waals surface area (Å²) in [7, 11) is 0. The number of nitrogen functional groups attached to an aromatic ring is 1. The molecule has 0 aliphatic heterocycles. The SMILES string of the molecule is CCOC(=O)c1ccc(CNc2ccc3nc(N)[nH]c(=O)c3c2Cl)cc1. The van der Waals surface area contributed by atoms with E-state index >= 15 is 0 Å². The highest BCUT2D eigenvalue weighted by Crippen LogP contribution is 2.28. The normalized spacial score (nSPS) is 10.7. The van der Waals surface area contributed by atoms with Crippen LogP contribution < -0.4 is 16.6 Å². The van der Waals surface area contributed by atoms with Gasteiger partial charge in [0.25, 0.3) is 5.56 Å². The number of nitrogens with two attached hydrogens (primary N) is 1. The number of halogens is 1. The van der Waals surface area contributed by atoms with Gasteiger partial charge in [-0.1, -0.05) is 23.7 Å². The van der Waals surface area contributed by atoms with Gasteiger partial charge in [-0.25, -0.2) is 9.78 Å². The minimum absolute atomic E-state index is 0.0426. The highest BCUT2D eigenvalue weighted by Gasteiger charge is 2.11. The van der Waals surface area contributed by atoms with Gasteiger partial charge in [0, 0.05) is 6.54 Å². The van der Waals surface area contributed by atoms with E-state index in [1.165, 1.54) is 0 Å². The molecule has 3 aromatic rings. The van der Waals surface area contributed by atoms with Crippen molar-refractivity contribution >= 4 is 40.1 Å². The lowest BCUT2D eigenvalue weighted by atomic mass is 10.1. The van der Waals surface area contributed by atoms with E-state index in [1.54, 1.807) is 31.2 Å². The Hall–Kier alpha value is -3.06. The summed E-state index contributed by atoms with van der Waals surface area (Å²) >= 11 is 6.34. The molecular formula is C18H17ClN4O3. The molecule has 134 valence electrons. The molecule has 0 fully saturated rings. The third kappa shape index (κ3) is 3.62. The van der Waals surface area contributed by atoms with Crippen molar-refractivity contribution in [3.63, 3.8) is 0 Å². The standard InChI is InChI=1S/C18H17ClN4O3/c1-2-26-17(25)11-5-3-10(4-6-11)9-21-13-8-7-12-14(15(13)19)16(24)23-18(20)22-12/h3-8,21H,2,9H2,1H3,(H3,20,22,23,24). The van der Waals surface area contributed by atoms with E-state index < -0.39 is 0 Å². The fourth-order valence-electron chi connectivity index (χ4n) is 2.52. The smallest absolute Gasteiger partial charge is 0.338 e. The van der Waals surface area contributed by atoms with Crippen molar-refractivity contribution in [1.82, 2.24) is 9.97 Å². The second-order valence-corrected chi connectivity index (χ2v) is 5.92. The Balaban J connectivity index is 1.79. The van der Waals surface area contributed by atoms with Crippen LogP contribution in [0.5, 0.6) is 0 Å². The number of hydrogen-bond donors (Lipinski definition) is 3. The molecule has 3 rings (SSSR count). The first kappa shape index (κ1) is 17.8. The minimum atomic E-state index is -0.389. The molecule has 0 spiro atoms. The number of H-pyrrole nitrogens is 1. The Labute approximate surface area is 154 Å². The van der Waals surface area contributed by atoms with Crippen LogP contribution in [0.2, 0.25) is 5.02 Å². The van der Waals surface area contributed by atoms with Crippen LogP contribution in [0.15, 0.2) is 41.2 Å². The quantitative estimate of drug-likeness (QED) is 0.594. The number of carbonyl (C=O) groups is 1. The second-order valence-electron chi connectivity index (χ2n) is 5.54. The van der Waals surface area contributed by atoms with Crippen molar-refractivity contribution in [1.29, 1.82) is 0 Å². The van der Waals surface area contributed by atoms with Crippen molar-refractivity contribution in [2.24, 2.45) is 0 Å². The third-order valence-electron chi connectivity index (χ3n) is 3.78. The maximum atomic E-state index is 12.1. The largest absolute Gasteiger partial charge is 0.462 e. The number of esters is 1. The van der Waals surface area contributed by atoms with E-state index in [0.717, 1.165) is 5.56 Å². The summed E-state index contributed by atoms with van der Waals surface area (Å²) in [5, 5.41) is 3.74. The predicted octanol–water partition coefficient (Wildman–Crippen LogP) is 2.95. The summed E-state index contributed by atoms with van der Waals surface area (Å²) in [5.41, 5.74) is 7.62. The number of nitrogens with zero attached hydrogens (tertiary/aromatic N) is 1. The molecule has 0 radical (unpaired) electrons. The van der Waals surface area contributed by atoms with Gasteiger partial charge in [-0.2, -0.15) is 0 Å².